The second kappa shape index (κ2) is 9.56. The third kappa shape index (κ3) is 4.52. The van der Waals surface area contributed by atoms with E-state index in [1.54, 1.807) is 6.07 Å². The molecule has 0 radical (unpaired) electrons. The monoisotopic (exact) mass is 528 g/mol. The van der Waals surface area contributed by atoms with Gasteiger partial charge >= 0.3 is 11.9 Å². The predicted molar refractivity (Wildman–Crippen MR) is 145 cm³/mol. The average molecular weight is 529 g/mol. The molecule has 1 aliphatic carbocycles. The molecule has 3 aromatic rings. The molecule has 0 unspecified atom stereocenters. The fourth-order valence-corrected chi connectivity index (χ4v) is 4.41. The van der Waals surface area contributed by atoms with E-state index in [2.05, 4.69) is 0 Å². The predicted octanol–water partition coefficient (Wildman–Crippen LogP) is 3.48. The van der Waals surface area contributed by atoms with Crippen molar-refractivity contribution in [3.05, 3.63) is 83.2 Å². The Kier molecular flexibility index (Phi) is 6.23. The van der Waals surface area contributed by atoms with Crippen LogP contribution in [-0.2, 0) is 0 Å². The molecular formula is C29H26N3O7+. The summed E-state index contributed by atoms with van der Waals surface area (Å²) in [5.74, 6) is -2.62. The Labute approximate surface area is 222 Å². The van der Waals surface area contributed by atoms with Crippen molar-refractivity contribution >= 4 is 28.6 Å². The molecule has 39 heavy (non-hydrogen) atoms. The van der Waals surface area contributed by atoms with Crippen molar-refractivity contribution in [2.75, 3.05) is 33.1 Å². The number of benzene rings is 3. The van der Waals surface area contributed by atoms with E-state index in [0.29, 0.717) is 38.2 Å². The Morgan fingerprint density at radius 3 is 2.23 bits per heavy atom. The summed E-state index contributed by atoms with van der Waals surface area (Å²) in [5, 5.41) is 31.4. The zero-order valence-corrected chi connectivity index (χ0v) is 21.7. The number of carboxylic acids is 1. The summed E-state index contributed by atoms with van der Waals surface area (Å²) < 4.78 is 8.79. The minimum absolute atomic E-state index is 0.0809. The van der Waals surface area contributed by atoms with Gasteiger partial charge in [0.2, 0.25) is 17.1 Å². The van der Waals surface area contributed by atoms with Gasteiger partial charge in [-0.1, -0.05) is 6.07 Å². The summed E-state index contributed by atoms with van der Waals surface area (Å²) in [6.07, 6.45) is 0. The average Bonchev–Trinajstić information content (AvgIpc) is 3.22. The Balaban J connectivity index is 1.74. The van der Waals surface area contributed by atoms with E-state index < -0.39 is 23.7 Å². The van der Waals surface area contributed by atoms with E-state index in [1.165, 1.54) is 12.1 Å². The van der Waals surface area contributed by atoms with Crippen molar-refractivity contribution in [2.45, 2.75) is 0 Å². The normalized spacial score (nSPS) is 11.1. The number of aromatic hydroxyl groups is 2. The minimum atomic E-state index is -1.25. The van der Waals surface area contributed by atoms with E-state index in [-0.39, 0.29) is 11.1 Å². The van der Waals surface area contributed by atoms with Crippen LogP contribution in [0.3, 0.4) is 0 Å². The zero-order valence-electron chi connectivity index (χ0n) is 21.7. The standard InChI is InChI=1S/C29H25N3O7/c1-30(2)17-6-9-20-23(14-17)38-24-15-18(31(3)4)7-10-21(24)27(20)19-8-5-16(13-22(19)28(35)36)29(37)39-32-25(33)11-12-26(32)34/h5-15H,1-4H3,(H2,35,36,37)/p+1. The molecule has 1 aromatic heterocycles. The summed E-state index contributed by atoms with van der Waals surface area (Å²) in [6, 6.07) is 17.9. The molecule has 3 N–H and O–H groups in total. The molecule has 10 heteroatoms. The highest BCUT2D eigenvalue weighted by Gasteiger charge is 2.24. The van der Waals surface area contributed by atoms with Crippen LogP contribution in [0.25, 0.3) is 33.4 Å². The van der Waals surface area contributed by atoms with E-state index in [0.717, 1.165) is 23.2 Å². The van der Waals surface area contributed by atoms with Crippen LogP contribution in [0.5, 0.6) is 11.8 Å². The molecule has 5 rings (SSSR count). The maximum absolute atomic E-state index is 12.8. The first kappa shape index (κ1) is 25.4. The van der Waals surface area contributed by atoms with Crippen LogP contribution in [-0.4, -0.2) is 60.2 Å². The molecule has 0 fully saturated rings. The molecule has 198 valence electrons. The second-order valence-corrected chi connectivity index (χ2v) is 9.42. The molecule has 2 aromatic carbocycles. The van der Waals surface area contributed by atoms with Crippen molar-refractivity contribution in [1.82, 2.24) is 9.31 Å². The number of aromatic carboxylic acids is 1. The Morgan fingerprint density at radius 1 is 0.897 bits per heavy atom. The molecule has 2 aliphatic rings. The fourth-order valence-electron chi connectivity index (χ4n) is 4.41. The number of carbonyl (C=O) groups is 2. The number of hydrogen-bond donors (Lipinski definition) is 3. The number of carboxylic acid groups (broad SMARTS) is 1. The third-order valence-corrected chi connectivity index (χ3v) is 6.45. The van der Waals surface area contributed by atoms with Crippen molar-refractivity contribution < 1.29 is 34.2 Å². The van der Waals surface area contributed by atoms with E-state index >= 15 is 0 Å². The first-order valence-electron chi connectivity index (χ1n) is 11.9. The first-order chi connectivity index (χ1) is 18.5. The van der Waals surface area contributed by atoms with Crippen molar-refractivity contribution in [3.8, 4) is 34.2 Å². The van der Waals surface area contributed by atoms with E-state index in [9.17, 15) is 24.9 Å². The largest absolute Gasteiger partial charge is 0.492 e. The van der Waals surface area contributed by atoms with E-state index in [4.69, 9.17) is 9.25 Å². The Morgan fingerprint density at radius 2 is 1.59 bits per heavy atom. The van der Waals surface area contributed by atoms with Crippen LogP contribution in [0.4, 0.5) is 5.69 Å². The summed E-state index contributed by atoms with van der Waals surface area (Å²) in [7, 11) is 7.67. The molecule has 2 heterocycles. The smallest absolute Gasteiger partial charge is 0.363 e. The van der Waals surface area contributed by atoms with Crippen LogP contribution in [0.15, 0.2) is 71.1 Å². The van der Waals surface area contributed by atoms with Crippen molar-refractivity contribution in [2.24, 2.45) is 0 Å². The molecule has 0 bridgehead atoms. The molecule has 10 nitrogen and oxygen atoms in total. The van der Waals surface area contributed by atoms with Gasteiger partial charge in [0, 0.05) is 60.6 Å². The van der Waals surface area contributed by atoms with Crippen molar-refractivity contribution in [3.63, 3.8) is 0 Å². The SMILES string of the molecule is CN(C)c1ccc2c(-c3ccc(C(=O)On4c(O)ccc4O)cc3C(=O)O)c3ccc(=[N+](C)C)cc-3oc2c1. The lowest BCUT2D eigenvalue weighted by atomic mass is 9.89. The number of fused-ring (bicyclic) bond motifs is 2. The lowest BCUT2D eigenvalue weighted by molar-refractivity contribution is 0.0381. The van der Waals surface area contributed by atoms with Gasteiger partial charge in [0.25, 0.3) is 0 Å². The number of aromatic nitrogens is 1. The summed E-state index contributed by atoms with van der Waals surface area (Å²) in [4.78, 5) is 32.3. The van der Waals surface area contributed by atoms with Gasteiger partial charge in [-0.05, 0) is 35.9 Å². The Hall–Kier alpha value is -5.25. The minimum Gasteiger partial charge on any atom is -0.492 e. The van der Waals surface area contributed by atoms with Gasteiger partial charge in [-0.25, -0.2) is 14.2 Å². The number of anilines is 1. The highest BCUT2D eigenvalue weighted by atomic mass is 16.7. The number of carbonyl (C=O) groups excluding carboxylic acids is 1. The van der Waals surface area contributed by atoms with Gasteiger partial charge in [-0.2, -0.15) is 0 Å². The zero-order chi connectivity index (χ0) is 28.0. The summed E-state index contributed by atoms with van der Waals surface area (Å²) >= 11 is 0. The highest BCUT2D eigenvalue weighted by Crippen LogP contribution is 2.42. The van der Waals surface area contributed by atoms with Crippen LogP contribution in [0, 0.1) is 0 Å². The van der Waals surface area contributed by atoms with Crippen LogP contribution in [0.1, 0.15) is 20.7 Å². The Bertz CT molecular complexity index is 1790. The van der Waals surface area contributed by atoms with Gasteiger partial charge in [0.15, 0.2) is 0 Å². The van der Waals surface area contributed by atoms with Crippen LogP contribution in [0.2, 0.25) is 0 Å². The molecule has 0 saturated heterocycles. The topological polar surface area (TPSA) is 128 Å². The molecule has 0 atom stereocenters. The van der Waals surface area contributed by atoms with Crippen molar-refractivity contribution in [1.29, 1.82) is 0 Å². The lowest BCUT2D eigenvalue weighted by Gasteiger charge is -2.19. The first-order valence-corrected chi connectivity index (χ1v) is 11.9. The van der Waals surface area contributed by atoms with Gasteiger partial charge in [0.1, 0.15) is 25.4 Å². The summed E-state index contributed by atoms with van der Waals surface area (Å²) in [5.41, 5.74) is 2.99. The van der Waals surface area contributed by atoms with Crippen LogP contribution < -0.4 is 19.7 Å². The van der Waals surface area contributed by atoms with Gasteiger partial charge in [-0.3, -0.25) is 0 Å². The van der Waals surface area contributed by atoms with E-state index in [1.807, 2.05) is 74.1 Å². The molecule has 0 amide bonds. The molecule has 0 saturated carbocycles. The number of hydrogen-bond acceptors (Lipinski definition) is 7. The number of nitrogens with zero attached hydrogens (tertiary/aromatic N) is 3. The number of rotatable bonds is 5. The molecule has 1 aliphatic heterocycles. The molecular weight excluding hydrogens is 502 g/mol. The summed E-state index contributed by atoms with van der Waals surface area (Å²) in [6.45, 7) is 0. The maximum atomic E-state index is 12.8. The lowest BCUT2D eigenvalue weighted by Crippen LogP contribution is -2.21. The maximum Gasteiger partial charge on any atom is 0.363 e. The van der Waals surface area contributed by atoms with Gasteiger partial charge in [0.05, 0.1) is 17.2 Å². The highest BCUT2D eigenvalue weighted by molar-refractivity contribution is 6.09. The van der Waals surface area contributed by atoms with Gasteiger partial charge < -0.3 is 29.5 Å². The molecule has 0 spiro atoms. The van der Waals surface area contributed by atoms with Crippen LogP contribution >= 0.6 is 0 Å². The third-order valence-electron chi connectivity index (χ3n) is 6.45. The van der Waals surface area contributed by atoms with Gasteiger partial charge in [-0.15, -0.1) is 4.73 Å². The quantitative estimate of drug-likeness (QED) is 0.234. The second-order valence-electron chi connectivity index (χ2n) is 9.42. The fraction of sp³-hybridized carbons (Fsp3) is 0.138.